The minimum atomic E-state index is -0.203. The summed E-state index contributed by atoms with van der Waals surface area (Å²) < 4.78 is 5.06. The van der Waals surface area contributed by atoms with Crippen LogP contribution in [0.4, 0.5) is 11.4 Å². The van der Waals surface area contributed by atoms with Crippen LogP contribution in [0.3, 0.4) is 0 Å². The fourth-order valence-corrected chi connectivity index (χ4v) is 4.22. The van der Waals surface area contributed by atoms with Crippen molar-refractivity contribution in [1.29, 1.82) is 0 Å². The molecule has 1 heterocycles. The van der Waals surface area contributed by atoms with Crippen molar-refractivity contribution in [3.05, 3.63) is 71.8 Å². The Bertz CT molecular complexity index is 1140. The third-order valence-corrected chi connectivity index (χ3v) is 6.23. The molecule has 33 heavy (non-hydrogen) atoms. The van der Waals surface area contributed by atoms with E-state index in [4.69, 9.17) is 4.74 Å². The first-order chi connectivity index (χ1) is 16.0. The number of piperidine rings is 1. The molecule has 0 radical (unpaired) electrons. The van der Waals surface area contributed by atoms with Gasteiger partial charge < -0.3 is 20.3 Å². The fourth-order valence-electron chi connectivity index (χ4n) is 4.22. The minimum Gasteiger partial charge on any atom is -0.383 e. The highest BCUT2D eigenvalue weighted by molar-refractivity contribution is 6.08. The van der Waals surface area contributed by atoms with Gasteiger partial charge in [0, 0.05) is 43.7 Å². The lowest BCUT2D eigenvalue weighted by Crippen LogP contribution is -2.35. The number of fused-ring (bicyclic) bond motifs is 1. The van der Waals surface area contributed by atoms with Crippen LogP contribution in [0.15, 0.2) is 60.7 Å². The number of carbonyl (C=O) groups excluding carboxylic acids is 2. The summed E-state index contributed by atoms with van der Waals surface area (Å²) in [7, 11) is 1.61. The lowest BCUT2D eigenvalue weighted by Gasteiger charge is -2.33. The SMILES string of the molecule is COCCNC(=O)c1cc(NC(=O)c2ccc3ccccc3c2)ccc1N1CCC(C)CC1. The Balaban J connectivity index is 1.57. The molecule has 6 heteroatoms. The molecule has 6 nitrogen and oxygen atoms in total. The number of anilines is 2. The number of amides is 2. The standard InChI is InChI=1S/C27H31N3O3/c1-19-11-14-30(15-12-19)25-10-9-23(18-24(25)27(32)28-13-16-33-2)29-26(31)22-8-7-20-5-3-4-6-21(20)17-22/h3-10,17-19H,11-16H2,1-2H3,(H,28,32)(H,29,31). The van der Waals surface area contributed by atoms with Crippen molar-refractivity contribution in [2.75, 3.05) is 43.6 Å². The lowest BCUT2D eigenvalue weighted by atomic mass is 9.97. The molecule has 1 aliphatic rings. The second kappa shape index (κ2) is 10.5. The maximum Gasteiger partial charge on any atom is 0.255 e. The molecule has 0 aromatic heterocycles. The highest BCUT2D eigenvalue weighted by atomic mass is 16.5. The van der Waals surface area contributed by atoms with Crippen molar-refractivity contribution in [2.45, 2.75) is 19.8 Å². The maximum atomic E-state index is 13.0. The first-order valence-electron chi connectivity index (χ1n) is 11.5. The third-order valence-electron chi connectivity index (χ3n) is 6.23. The zero-order valence-electron chi connectivity index (χ0n) is 19.3. The van der Waals surface area contributed by atoms with Gasteiger partial charge in [-0.25, -0.2) is 0 Å². The van der Waals surface area contributed by atoms with E-state index in [1.807, 2.05) is 54.6 Å². The van der Waals surface area contributed by atoms with Crippen molar-refractivity contribution >= 4 is 34.0 Å². The molecule has 2 amide bonds. The van der Waals surface area contributed by atoms with E-state index in [9.17, 15) is 9.59 Å². The lowest BCUT2D eigenvalue weighted by molar-refractivity contribution is 0.0936. The topological polar surface area (TPSA) is 70.7 Å². The van der Waals surface area contributed by atoms with Gasteiger partial charge in [-0.05, 0) is 59.9 Å². The molecular formula is C27H31N3O3. The molecule has 0 aliphatic carbocycles. The predicted molar refractivity (Wildman–Crippen MR) is 133 cm³/mol. The second-order valence-electron chi connectivity index (χ2n) is 8.67. The first kappa shape index (κ1) is 22.8. The van der Waals surface area contributed by atoms with E-state index in [1.54, 1.807) is 13.2 Å². The van der Waals surface area contributed by atoms with Gasteiger partial charge >= 0.3 is 0 Å². The fraction of sp³-hybridized carbons (Fsp3) is 0.333. The van der Waals surface area contributed by atoms with Crippen LogP contribution in [-0.4, -0.2) is 45.2 Å². The maximum absolute atomic E-state index is 13.0. The summed E-state index contributed by atoms with van der Waals surface area (Å²) in [5.41, 5.74) is 2.64. The Hall–Kier alpha value is -3.38. The minimum absolute atomic E-state index is 0.164. The highest BCUT2D eigenvalue weighted by Crippen LogP contribution is 2.29. The Morgan fingerprint density at radius 1 is 0.970 bits per heavy atom. The van der Waals surface area contributed by atoms with Crippen molar-refractivity contribution < 1.29 is 14.3 Å². The van der Waals surface area contributed by atoms with Crippen LogP contribution in [0.25, 0.3) is 10.8 Å². The zero-order valence-corrected chi connectivity index (χ0v) is 19.3. The molecule has 1 saturated heterocycles. The van der Waals surface area contributed by atoms with E-state index < -0.39 is 0 Å². The Morgan fingerprint density at radius 3 is 2.48 bits per heavy atom. The van der Waals surface area contributed by atoms with Gasteiger partial charge in [-0.2, -0.15) is 0 Å². The number of benzene rings is 3. The van der Waals surface area contributed by atoms with Gasteiger partial charge in [0.25, 0.3) is 11.8 Å². The van der Waals surface area contributed by atoms with E-state index in [-0.39, 0.29) is 11.8 Å². The monoisotopic (exact) mass is 445 g/mol. The van der Waals surface area contributed by atoms with Crippen molar-refractivity contribution in [1.82, 2.24) is 5.32 Å². The van der Waals surface area contributed by atoms with E-state index >= 15 is 0 Å². The van der Waals surface area contributed by atoms with Gasteiger partial charge in [-0.1, -0.05) is 37.3 Å². The molecule has 0 atom stereocenters. The zero-order chi connectivity index (χ0) is 23.2. The van der Waals surface area contributed by atoms with Gasteiger partial charge in [-0.3, -0.25) is 9.59 Å². The molecule has 0 unspecified atom stereocenters. The van der Waals surface area contributed by atoms with Crippen LogP contribution in [-0.2, 0) is 4.74 Å². The molecule has 1 aliphatic heterocycles. The third kappa shape index (κ3) is 5.52. The predicted octanol–water partition coefficient (Wildman–Crippen LogP) is 4.70. The van der Waals surface area contributed by atoms with Crippen LogP contribution in [0.2, 0.25) is 0 Å². The number of methoxy groups -OCH3 is 1. The molecule has 0 bridgehead atoms. The van der Waals surface area contributed by atoms with Crippen molar-refractivity contribution in [2.24, 2.45) is 5.92 Å². The summed E-state index contributed by atoms with van der Waals surface area (Å²) >= 11 is 0. The number of ether oxygens (including phenoxy) is 1. The number of hydrogen-bond donors (Lipinski definition) is 2. The van der Waals surface area contributed by atoms with Gasteiger partial charge in [0.15, 0.2) is 0 Å². The quantitative estimate of drug-likeness (QED) is 0.517. The second-order valence-corrected chi connectivity index (χ2v) is 8.67. The van der Waals surface area contributed by atoms with Crippen LogP contribution >= 0.6 is 0 Å². The number of nitrogens with zero attached hydrogens (tertiary/aromatic N) is 1. The van der Waals surface area contributed by atoms with Crippen molar-refractivity contribution in [3.63, 3.8) is 0 Å². The number of nitrogens with one attached hydrogen (secondary N) is 2. The van der Waals surface area contributed by atoms with Gasteiger partial charge in [-0.15, -0.1) is 0 Å². The number of rotatable bonds is 7. The highest BCUT2D eigenvalue weighted by Gasteiger charge is 2.22. The molecule has 0 spiro atoms. The van der Waals surface area contributed by atoms with E-state index in [2.05, 4.69) is 22.5 Å². The normalized spacial score (nSPS) is 14.3. The summed E-state index contributed by atoms with van der Waals surface area (Å²) in [5.74, 6) is 0.328. The first-order valence-corrected chi connectivity index (χ1v) is 11.5. The number of carbonyl (C=O) groups is 2. The smallest absolute Gasteiger partial charge is 0.255 e. The molecule has 1 fully saturated rings. The molecule has 172 valence electrons. The van der Waals surface area contributed by atoms with E-state index in [0.717, 1.165) is 42.4 Å². The average molecular weight is 446 g/mol. The van der Waals surface area contributed by atoms with E-state index in [1.165, 1.54) is 0 Å². The number of hydrogen-bond acceptors (Lipinski definition) is 4. The van der Waals surface area contributed by atoms with Crippen LogP contribution < -0.4 is 15.5 Å². The summed E-state index contributed by atoms with van der Waals surface area (Å²) in [6.07, 6.45) is 2.20. The van der Waals surface area contributed by atoms with Gasteiger partial charge in [0.2, 0.25) is 0 Å². The molecule has 0 saturated carbocycles. The Morgan fingerprint density at radius 2 is 1.73 bits per heavy atom. The average Bonchev–Trinajstić information content (AvgIpc) is 2.84. The summed E-state index contributed by atoms with van der Waals surface area (Å²) in [4.78, 5) is 28.2. The molecule has 3 aromatic rings. The van der Waals surface area contributed by atoms with Crippen molar-refractivity contribution in [3.8, 4) is 0 Å². The molecule has 4 rings (SSSR count). The largest absolute Gasteiger partial charge is 0.383 e. The summed E-state index contributed by atoms with van der Waals surface area (Å²) in [6.45, 7) is 4.98. The molecule has 3 aromatic carbocycles. The van der Waals surface area contributed by atoms with Crippen LogP contribution in [0, 0.1) is 5.92 Å². The summed E-state index contributed by atoms with van der Waals surface area (Å²) in [5, 5.41) is 7.98. The molecule has 2 N–H and O–H groups in total. The van der Waals surface area contributed by atoms with Crippen LogP contribution in [0.1, 0.15) is 40.5 Å². The summed E-state index contributed by atoms with van der Waals surface area (Å²) in [6, 6.07) is 19.2. The Kier molecular flexibility index (Phi) is 7.25. The van der Waals surface area contributed by atoms with Crippen LogP contribution in [0.5, 0.6) is 0 Å². The van der Waals surface area contributed by atoms with Gasteiger partial charge in [0.05, 0.1) is 12.2 Å². The van der Waals surface area contributed by atoms with E-state index in [0.29, 0.717) is 35.9 Å². The molecular weight excluding hydrogens is 414 g/mol. The Labute approximate surface area is 194 Å². The van der Waals surface area contributed by atoms with Gasteiger partial charge in [0.1, 0.15) is 0 Å².